The highest BCUT2D eigenvalue weighted by Gasteiger charge is 2.17. The van der Waals surface area contributed by atoms with Crippen LogP contribution in [0.25, 0.3) is 0 Å². The van der Waals surface area contributed by atoms with Gasteiger partial charge in [0.1, 0.15) is 11.5 Å². The summed E-state index contributed by atoms with van der Waals surface area (Å²) in [7, 11) is -3.48. The minimum atomic E-state index is -3.48. The molecule has 1 aromatic heterocycles. The van der Waals surface area contributed by atoms with Crippen LogP contribution in [0.5, 0.6) is 11.6 Å². The van der Waals surface area contributed by atoms with E-state index in [9.17, 15) is 13.2 Å². The average Bonchev–Trinajstić information content (AvgIpc) is 2.72. The largest absolute Gasteiger partial charge is 0.439 e. The van der Waals surface area contributed by atoms with E-state index in [-0.39, 0.29) is 5.75 Å². The maximum Gasteiger partial charge on any atom is 0.239 e. The van der Waals surface area contributed by atoms with Gasteiger partial charge in [-0.2, -0.15) is 0 Å². The molecule has 0 bridgehead atoms. The summed E-state index contributed by atoms with van der Waals surface area (Å²) >= 11 is 0. The molecule has 0 fully saturated rings. The van der Waals surface area contributed by atoms with Crippen LogP contribution in [0.3, 0.4) is 0 Å². The van der Waals surface area contributed by atoms with Gasteiger partial charge in [-0.15, -0.1) is 0 Å². The number of sulfone groups is 1. The molecule has 0 saturated heterocycles. The number of nitrogens with one attached hydrogen (secondary N) is 1. The molecule has 31 heavy (non-hydrogen) atoms. The first-order valence-corrected chi connectivity index (χ1v) is 11.9. The van der Waals surface area contributed by atoms with Gasteiger partial charge in [0.05, 0.1) is 17.6 Å². The van der Waals surface area contributed by atoms with Crippen molar-refractivity contribution in [1.82, 2.24) is 4.98 Å². The van der Waals surface area contributed by atoms with Crippen LogP contribution in [0.15, 0.2) is 66.9 Å². The van der Waals surface area contributed by atoms with E-state index in [1.54, 1.807) is 12.1 Å². The number of rotatable bonds is 9. The first-order chi connectivity index (χ1) is 14.8. The topological polar surface area (TPSA) is 85.4 Å². The zero-order chi connectivity index (χ0) is 22.3. The van der Waals surface area contributed by atoms with Gasteiger partial charge in [-0.25, -0.2) is 13.4 Å². The Labute approximate surface area is 183 Å². The van der Waals surface area contributed by atoms with Crippen molar-refractivity contribution in [2.45, 2.75) is 26.7 Å². The Hall–Kier alpha value is -3.19. The molecule has 0 aliphatic carbocycles. The van der Waals surface area contributed by atoms with Crippen molar-refractivity contribution < 1.29 is 17.9 Å². The number of hydrogen-bond acceptors (Lipinski definition) is 5. The number of benzene rings is 2. The first kappa shape index (κ1) is 22.5. The smallest absolute Gasteiger partial charge is 0.239 e. The Morgan fingerprint density at radius 3 is 2.45 bits per heavy atom. The summed E-state index contributed by atoms with van der Waals surface area (Å²) in [6.45, 7) is 4.03. The van der Waals surface area contributed by atoms with Gasteiger partial charge in [-0.05, 0) is 61.6 Å². The van der Waals surface area contributed by atoms with Crippen LogP contribution in [0.2, 0.25) is 0 Å². The van der Waals surface area contributed by atoms with E-state index in [4.69, 9.17) is 4.74 Å². The number of hydrogen-bond donors (Lipinski definition) is 1. The lowest BCUT2D eigenvalue weighted by Gasteiger charge is -2.09. The highest BCUT2D eigenvalue weighted by atomic mass is 32.2. The first-order valence-electron chi connectivity index (χ1n) is 10.1. The number of carbonyl (C=O) groups excluding carboxylic acids is 1. The third-order valence-electron chi connectivity index (χ3n) is 4.84. The third kappa shape index (κ3) is 7.22. The molecule has 1 N–H and O–H groups in total. The van der Waals surface area contributed by atoms with Crippen molar-refractivity contribution in [2.75, 3.05) is 16.8 Å². The number of pyridine rings is 1. The number of ether oxygens (including phenoxy) is 1. The zero-order valence-corrected chi connectivity index (χ0v) is 18.5. The fourth-order valence-corrected chi connectivity index (χ4v) is 4.22. The number of aromatic nitrogens is 1. The molecular formula is C24H26N2O4S. The minimum Gasteiger partial charge on any atom is -0.439 e. The molecule has 0 unspecified atom stereocenters. The van der Waals surface area contributed by atoms with Gasteiger partial charge in [0, 0.05) is 6.07 Å². The van der Waals surface area contributed by atoms with Gasteiger partial charge in [0.25, 0.3) is 0 Å². The van der Waals surface area contributed by atoms with Crippen LogP contribution >= 0.6 is 0 Å². The summed E-state index contributed by atoms with van der Waals surface area (Å²) in [5, 5.41) is 2.58. The molecule has 6 nitrogen and oxygen atoms in total. The number of nitrogens with zero attached hydrogens (tertiary/aromatic N) is 1. The van der Waals surface area contributed by atoms with Crippen molar-refractivity contribution in [3.63, 3.8) is 0 Å². The number of aryl methyl sites for hydroxylation is 3. The van der Waals surface area contributed by atoms with Gasteiger partial charge in [0.15, 0.2) is 9.84 Å². The molecule has 7 heteroatoms. The highest BCUT2D eigenvalue weighted by Crippen LogP contribution is 2.23. The van der Waals surface area contributed by atoms with Gasteiger partial charge >= 0.3 is 0 Å². The van der Waals surface area contributed by atoms with Crippen molar-refractivity contribution in [1.29, 1.82) is 0 Å². The molecule has 162 valence electrons. The Morgan fingerprint density at radius 2 is 1.77 bits per heavy atom. The molecule has 0 aliphatic heterocycles. The van der Waals surface area contributed by atoms with Gasteiger partial charge < -0.3 is 10.1 Å². The maximum absolute atomic E-state index is 12.2. The molecule has 0 radical (unpaired) electrons. The second kappa shape index (κ2) is 10.2. The summed E-state index contributed by atoms with van der Waals surface area (Å²) in [5.74, 6) is -0.105. The number of anilines is 1. The SMILES string of the molecule is Cc1ccc(Oc2ccc(NC(=O)CS(=O)(=O)CCCc3ccccc3)cn2)cc1C. The van der Waals surface area contributed by atoms with Gasteiger partial charge in [-0.1, -0.05) is 36.4 Å². The van der Waals surface area contributed by atoms with E-state index < -0.39 is 21.5 Å². The van der Waals surface area contributed by atoms with E-state index >= 15 is 0 Å². The van der Waals surface area contributed by atoms with Crippen LogP contribution in [0, 0.1) is 13.8 Å². The number of amides is 1. The molecule has 0 saturated carbocycles. The summed E-state index contributed by atoms with van der Waals surface area (Å²) in [5.41, 5.74) is 3.79. The zero-order valence-electron chi connectivity index (χ0n) is 17.7. The lowest BCUT2D eigenvalue weighted by Crippen LogP contribution is -2.25. The van der Waals surface area contributed by atoms with Crippen LogP contribution < -0.4 is 10.1 Å². The third-order valence-corrected chi connectivity index (χ3v) is 6.45. The van der Waals surface area contributed by atoms with E-state index in [1.807, 2.05) is 62.4 Å². The lowest BCUT2D eigenvalue weighted by molar-refractivity contribution is -0.113. The summed E-state index contributed by atoms with van der Waals surface area (Å²) in [6, 6.07) is 18.7. The Balaban J connectivity index is 1.48. The van der Waals surface area contributed by atoms with Crippen LogP contribution in [-0.4, -0.2) is 30.8 Å². The standard InChI is InChI=1S/C24H26N2O4S/c1-18-10-12-22(15-19(18)2)30-24-13-11-21(16-25-24)26-23(27)17-31(28,29)14-6-9-20-7-4-3-5-8-20/h3-5,7-8,10-13,15-16H,6,9,14,17H2,1-2H3,(H,26,27). The van der Waals surface area contributed by atoms with Crippen LogP contribution in [0.4, 0.5) is 5.69 Å². The van der Waals surface area contributed by atoms with Gasteiger partial charge in [-0.3, -0.25) is 4.79 Å². The molecule has 0 spiro atoms. The monoisotopic (exact) mass is 438 g/mol. The maximum atomic E-state index is 12.2. The molecule has 1 heterocycles. The summed E-state index contributed by atoms with van der Waals surface area (Å²) in [4.78, 5) is 16.3. The fourth-order valence-electron chi connectivity index (χ4n) is 3.02. The Morgan fingerprint density at radius 1 is 1.00 bits per heavy atom. The van der Waals surface area contributed by atoms with Crippen molar-refractivity contribution in [3.05, 3.63) is 83.6 Å². The van der Waals surface area contributed by atoms with Crippen molar-refractivity contribution in [2.24, 2.45) is 0 Å². The average molecular weight is 439 g/mol. The summed E-state index contributed by atoms with van der Waals surface area (Å²) in [6.07, 6.45) is 2.58. The minimum absolute atomic E-state index is 0.0314. The van der Waals surface area contributed by atoms with Crippen LogP contribution in [-0.2, 0) is 21.1 Å². The van der Waals surface area contributed by atoms with E-state index in [1.165, 1.54) is 11.8 Å². The molecule has 0 atom stereocenters. The Kier molecular flexibility index (Phi) is 7.41. The highest BCUT2D eigenvalue weighted by molar-refractivity contribution is 7.92. The predicted octanol–water partition coefficient (Wildman–Crippen LogP) is 4.48. The van der Waals surface area contributed by atoms with Crippen LogP contribution in [0.1, 0.15) is 23.1 Å². The molecule has 1 amide bonds. The fraction of sp³-hybridized carbons (Fsp3) is 0.250. The second-order valence-corrected chi connectivity index (χ2v) is 9.65. The normalized spacial score (nSPS) is 11.2. The van der Waals surface area contributed by atoms with Crippen molar-refractivity contribution in [3.8, 4) is 11.6 Å². The number of carbonyl (C=O) groups is 1. The second-order valence-electron chi connectivity index (χ2n) is 7.46. The van der Waals surface area contributed by atoms with E-state index in [0.717, 1.165) is 11.1 Å². The quantitative estimate of drug-likeness (QED) is 0.532. The van der Waals surface area contributed by atoms with Crippen molar-refractivity contribution >= 4 is 21.4 Å². The summed E-state index contributed by atoms with van der Waals surface area (Å²) < 4.78 is 30.2. The molecule has 0 aliphatic rings. The lowest BCUT2D eigenvalue weighted by atomic mass is 10.1. The molecule has 3 aromatic rings. The van der Waals surface area contributed by atoms with Gasteiger partial charge in [0.2, 0.25) is 11.8 Å². The molecule has 3 rings (SSSR count). The predicted molar refractivity (Wildman–Crippen MR) is 122 cm³/mol. The molecular weight excluding hydrogens is 412 g/mol. The van der Waals surface area contributed by atoms with E-state index in [0.29, 0.717) is 30.2 Å². The molecule has 2 aromatic carbocycles. The van der Waals surface area contributed by atoms with E-state index in [2.05, 4.69) is 10.3 Å². The Bertz CT molecular complexity index is 1130.